The molecular formula is C18H35N3. The highest BCUT2D eigenvalue weighted by Gasteiger charge is 2.22. The molecule has 0 amide bonds. The van der Waals surface area contributed by atoms with E-state index in [0.29, 0.717) is 17.4 Å². The quantitative estimate of drug-likeness (QED) is 0.709. The molecule has 1 heterocycles. The van der Waals surface area contributed by atoms with E-state index in [2.05, 4.69) is 62.7 Å². The van der Waals surface area contributed by atoms with E-state index in [-0.39, 0.29) is 0 Å². The first kappa shape index (κ1) is 18.2. The van der Waals surface area contributed by atoms with Gasteiger partial charge in [0.1, 0.15) is 0 Å². The summed E-state index contributed by atoms with van der Waals surface area (Å²) in [5, 5.41) is 8.22. The Morgan fingerprint density at radius 2 is 1.95 bits per heavy atom. The Balaban J connectivity index is 2.77. The molecule has 0 aliphatic carbocycles. The van der Waals surface area contributed by atoms with Crippen molar-refractivity contribution in [3.63, 3.8) is 0 Å². The van der Waals surface area contributed by atoms with Crippen LogP contribution in [0.5, 0.6) is 0 Å². The van der Waals surface area contributed by atoms with Crippen LogP contribution in [0.4, 0.5) is 0 Å². The van der Waals surface area contributed by atoms with E-state index < -0.39 is 0 Å². The number of nitrogens with zero attached hydrogens (tertiary/aromatic N) is 2. The molecule has 0 bridgehead atoms. The topological polar surface area (TPSA) is 29.9 Å². The minimum absolute atomic E-state index is 0.401. The van der Waals surface area contributed by atoms with Gasteiger partial charge in [-0.05, 0) is 49.6 Å². The molecule has 0 aromatic carbocycles. The lowest BCUT2D eigenvalue weighted by Crippen LogP contribution is -2.27. The molecule has 0 aliphatic heterocycles. The van der Waals surface area contributed by atoms with E-state index in [0.717, 1.165) is 19.5 Å². The van der Waals surface area contributed by atoms with Crippen LogP contribution in [0.1, 0.15) is 79.0 Å². The molecule has 0 fully saturated rings. The fourth-order valence-corrected chi connectivity index (χ4v) is 3.20. The minimum atomic E-state index is 0.401. The summed E-state index contributed by atoms with van der Waals surface area (Å²) < 4.78 is 2.18. The average molecular weight is 293 g/mol. The molecule has 0 saturated carbocycles. The maximum atomic E-state index is 4.49. The summed E-state index contributed by atoms with van der Waals surface area (Å²) in [4.78, 5) is 0. The maximum Gasteiger partial charge on any atom is 0.0553 e. The zero-order valence-electron chi connectivity index (χ0n) is 14.9. The lowest BCUT2D eigenvalue weighted by molar-refractivity contribution is 0.271. The van der Waals surface area contributed by atoms with Gasteiger partial charge in [0.15, 0.2) is 0 Å². The number of nitrogens with one attached hydrogen (secondary N) is 1. The fourth-order valence-electron chi connectivity index (χ4n) is 3.20. The van der Waals surface area contributed by atoms with Crippen LogP contribution in [0.2, 0.25) is 0 Å². The van der Waals surface area contributed by atoms with Gasteiger partial charge in [0, 0.05) is 18.8 Å². The zero-order valence-corrected chi connectivity index (χ0v) is 14.9. The predicted octanol–water partition coefficient (Wildman–Crippen LogP) is 4.80. The molecule has 0 saturated heterocycles. The van der Waals surface area contributed by atoms with Gasteiger partial charge in [-0.3, -0.25) is 4.68 Å². The summed E-state index contributed by atoms with van der Waals surface area (Å²) in [5.41, 5.74) is 1.75. The molecule has 2 atom stereocenters. The van der Waals surface area contributed by atoms with Gasteiger partial charge in [-0.2, -0.15) is 5.10 Å². The molecule has 3 nitrogen and oxygen atoms in total. The Labute approximate surface area is 131 Å². The molecule has 3 heteroatoms. The average Bonchev–Trinajstić information content (AvgIpc) is 2.81. The number of aryl methyl sites for hydroxylation is 1. The second kappa shape index (κ2) is 8.57. The Kier molecular flexibility index (Phi) is 7.44. The summed E-state index contributed by atoms with van der Waals surface area (Å²) in [7, 11) is 0. The number of hydrogen-bond acceptors (Lipinski definition) is 2. The summed E-state index contributed by atoms with van der Waals surface area (Å²) in [6, 6.07) is 2.61. The van der Waals surface area contributed by atoms with Crippen molar-refractivity contribution >= 4 is 0 Å². The highest BCUT2D eigenvalue weighted by molar-refractivity contribution is 5.07. The van der Waals surface area contributed by atoms with Crippen molar-refractivity contribution in [3.05, 3.63) is 18.0 Å². The van der Waals surface area contributed by atoms with E-state index in [1.165, 1.54) is 25.0 Å². The van der Waals surface area contributed by atoms with Crippen LogP contribution in [-0.4, -0.2) is 16.3 Å². The Hall–Kier alpha value is -0.830. The first-order chi connectivity index (χ1) is 9.87. The van der Waals surface area contributed by atoms with Crippen LogP contribution in [0.15, 0.2) is 12.3 Å². The number of aromatic nitrogens is 2. The van der Waals surface area contributed by atoms with Crippen molar-refractivity contribution in [2.45, 2.75) is 79.8 Å². The van der Waals surface area contributed by atoms with Crippen molar-refractivity contribution in [2.24, 2.45) is 11.3 Å². The SMILES string of the molecule is CCCNC(CC(C)CC(C)(C)C)c1ccnn1CCC. The summed E-state index contributed by atoms with van der Waals surface area (Å²) in [6.07, 6.45) is 6.70. The van der Waals surface area contributed by atoms with E-state index in [9.17, 15) is 0 Å². The minimum Gasteiger partial charge on any atom is -0.309 e. The standard InChI is InChI=1S/C18H35N3/c1-7-10-19-16(13-15(3)14-18(4,5)6)17-9-11-20-21(17)12-8-2/h9,11,15-16,19H,7-8,10,12-14H2,1-6H3. The van der Waals surface area contributed by atoms with Gasteiger partial charge >= 0.3 is 0 Å². The molecule has 1 N–H and O–H groups in total. The molecule has 21 heavy (non-hydrogen) atoms. The molecule has 0 aliphatic rings. The molecule has 1 rings (SSSR count). The molecule has 2 unspecified atom stereocenters. The van der Waals surface area contributed by atoms with Gasteiger partial charge in [0.2, 0.25) is 0 Å². The third-order valence-electron chi connectivity index (χ3n) is 3.78. The monoisotopic (exact) mass is 293 g/mol. The van der Waals surface area contributed by atoms with E-state index in [4.69, 9.17) is 0 Å². The molecule has 1 aromatic heterocycles. The maximum absolute atomic E-state index is 4.49. The number of hydrogen-bond donors (Lipinski definition) is 1. The molecule has 1 aromatic rings. The van der Waals surface area contributed by atoms with Crippen LogP contribution >= 0.6 is 0 Å². The van der Waals surface area contributed by atoms with Gasteiger partial charge in [-0.1, -0.05) is 41.5 Å². The highest BCUT2D eigenvalue weighted by Crippen LogP contribution is 2.30. The van der Waals surface area contributed by atoms with Crippen LogP contribution < -0.4 is 5.32 Å². The van der Waals surface area contributed by atoms with Crippen molar-refractivity contribution in [3.8, 4) is 0 Å². The lowest BCUT2D eigenvalue weighted by atomic mass is 9.82. The van der Waals surface area contributed by atoms with Crippen LogP contribution in [0.25, 0.3) is 0 Å². The van der Waals surface area contributed by atoms with Crippen molar-refractivity contribution in [1.29, 1.82) is 0 Å². The van der Waals surface area contributed by atoms with E-state index >= 15 is 0 Å². The largest absolute Gasteiger partial charge is 0.309 e. The second-order valence-electron chi connectivity index (χ2n) is 7.59. The predicted molar refractivity (Wildman–Crippen MR) is 91.4 cm³/mol. The summed E-state index contributed by atoms with van der Waals surface area (Å²) in [6.45, 7) is 15.9. The first-order valence-corrected chi connectivity index (χ1v) is 8.62. The molecule has 122 valence electrons. The van der Waals surface area contributed by atoms with Crippen molar-refractivity contribution < 1.29 is 0 Å². The van der Waals surface area contributed by atoms with Gasteiger partial charge in [-0.25, -0.2) is 0 Å². The summed E-state index contributed by atoms with van der Waals surface area (Å²) in [5.74, 6) is 0.712. The van der Waals surface area contributed by atoms with Gasteiger partial charge < -0.3 is 5.32 Å². The third kappa shape index (κ3) is 6.64. The van der Waals surface area contributed by atoms with Crippen LogP contribution in [0.3, 0.4) is 0 Å². The molecule has 0 radical (unpaired) electrons. The Morgan fingerprint density at radius 1 is 1.24 bits per heavy atom. The molecular weight excluding hydrogens is 258 g/mol. The van der Waals surface area contributed by atoms with Crippen LogP contribution in [-0.2, 0) is 6.54 Å². The van der Waals surface area contributed by atoms with Crippen molar-refractivity contribution in [2.75, 3.05) is 6.54 Å². The number of rotatable bonds is 9. The summed E-state index contributed by atoms with van der Waals surface area (Å²) >= 11 is 0. The van der Waals surface area contributed by atoms with Gasteiger partial charge in [0.25, 0.3) is 0 Å². The lowest BCUT2D eigenvalue weighted by Gasteiger charge is -2.27. The molecule has 0 spiro atoms. The smallest absolute Gasteiger partial charge is 0.0553 e. The fraction of sp³-hybridized carbons (Fsp3) is 0.833. The van der Waals surface area contributed by atoms with E-state index in [1.807, 2.05) is 6.20 Å². The second-order valence-corrected chi connectivity index (χ2v) is 7.59. The van der Waals surface area contributed by atoms with Crippen LogP contribution in [0, 0.1) is 11.3 Å². The van der Waals surface area contributed by atoms with Gasteiger partial charge in [-0.15, -0.1) is 0 Å². The Morgan fingerprint density at radius 3 is 2.52 bits per heavy atom. The Bertz CT molecular complexity index is 389. The first-order valence-electron chi connectivity index (χ1n) is 8.62. The third-order valence-corrected chi connectivity index (χ3v) is 3.78. The van der Waals surface area contributed by atoms with E-state index in [1.54, 1.807) is 0 Å². The van der Waals surface area contributed by atoms with Crippen molar-refractivity contribution in [1.82, 2.24) is 15.1 Å². The highest BCUT2D eigenvalue weighted by atomic mass is 15.3. The normalized spacial score (nSPS) is 15.1. The zero-order chi connectivity index (χ0) is 15.9. The van der Waals surface area contributed by atoms with Gasteiger partial charge in [0.05, 0.1) is 5.69 Å².